The summed E-state index contributed by atoms with van der Waals surface area (Å²) in [6.07, 6.45) is 1.22. The molecule has 1 aromatic heterocycles. The van der Waals surface area contributed by atoms with Gasteiger partial charge in [0.1, 0.15) is 5.75 Å². The smallest absolute Gasteiger partial charge is 0.234 e. The van der Waals surface area contributed by atoms with E-state index < -0.39 is 0 Å². The Morgan fingerprint density at radius 3 is 2.29 bits per heavy atom. The van der Waals surface area contributed by atoms with Crippen LogP contribution in [0, 0.1) is 0 Å². The van der Waals surface area contributed by atoms with Gasteiger partial charge in [-0.15, -0.1) is 10.2 Å². The van der Waals surface area contributed by atoms with E-state index in [0.29, 0.717) is 17.5 Å². The van der Waals surface area contributed by atoms with Gasteiger partial charge in [-0.3, -0.25) is 9.59 Å². The first kappa shape index (κ1) is 25.3. The van der Waals surface area contributed by atoms with Crippen molar-refractivity contribution in [2.75, 3.05) is 18.2 Å². The number of hydrogen-bond acceptors (Lipinski definition) is 6. The molecule has 2 N–H and O–H groups in total. The lowest BCUT2D eigenvalue weighted by atomic mass is 10.1. The summed E-state index contributed by atoms with van der Waals surface area (Å²) >= 11 is 1.32. The Morgan fingerprint density at radius 1 is 1.00 bits per heavy atom. The lowest BCUT2D eigenvalue weighted by Crippen LogP contribution is -2.30. The van der Waals surface area contributed by atoms with Crippen molar-refractivity contribution >= 4 is 29.3 Å². The number of carbonyl (C=O) groups excluding carboxylic acids is 2. The monoisotopic (exact) mass is 481 g/mol. The van der Waals surface area contributed by atoms with Gasteiger partial charge < -0.3 is 19.9 Å². The number of aryl methyl sites for hydroxylation is 1. The number of thioether (sulfide) groups is 1. The van der Waals surface area contributed by atoms with Crippen LogP contribution in [0.5, 0.6) is 5.75 Å². The molecule has 1 heterocycles. The van der Waals surface area contributed by atoms with Gasteiger partial charge in [0.05, 0.1) is 25.3 Å². The van der Waals surface area contributed by atoms with E-state index in [1.54, 1.807) is 7.11 Å². The Hall–Kier alpha value is -3.33. The Balaban J connectivity index is 1.55. The van der Waals surface area contributed by atoms with Crippen LogP contribution in [0.4, 0.5) is 5.69 Å². The van der Waals surface area contributed by atoms with E-state index in [4.69, 9.17) is 4.74 Å². The lowest BCUT2D eigenvalue weighted by molar-refractivity contribution is -0.121. The van der Waals surface area contributed by atoms with Gasteiger partial charge in [0.25, 0.3) is 0 Å². The molecule has 0 aliphatic heterocycles. The average Bonchev–Trinajstić information content (AvgIpc) is 3.27. The highest BCUT2D eigenvalue weighted by Gasteiger charge is 2.20. The first-order chi connectivity index (χ1) is 16.4. The molecule has 3 aromatic rings. The number of aromatic nitrogens is 3. The molecule has 0 unspecified atom stereocenters. The summed E-state index contributed by atoms with van der Waals surface area (Å²) in [5, 5.41) is 15.1. The number of amides is 2. The van der Waals surface area contributed by atoms with Crippen LogP contribution in [0.15, 0.2) is 53.7 Å². The fraction of sp³-hybridized carbons (Fsp3) is 0.360. The topological polar surface area (TPSA) is 98.1 Å². The normalized spacial score (nSPS) is 11.6. The molecule has 0 saturated carbocycles. The van der Waals surface area contributed by atoms with Gasteiger partial charge in [0, 0.05) is 12.2 Å². The Kier molecular flexibility index (Phi) is 9.09. The lowest BCUT2D eigenvalue weighted by Gasteiger charge is -2.15. The number of nitrogens with one attached hydrogen (secondary N) is 2. The van der Waals surface area contributed by atoms with Crippen LogP contribution in [0.2, 0.25) is 0 Å². The summed E-state index contributed by atoms with van der Waals surface area (Å²) in [7, 11) is 1.61. The van der Waals surface area contributed by atoms with Crippen molar-refractivity contribution in [3.63, 3.8) is 0 Å². The number of benzene rings is 2. The molecule has 0 saturated heterocycles. The molecular weight excluding hydrogens is 450 g/mol. The number of carbonyl (C=O) groups is 2. The van der Waals surface area contributed by atoms with Crippen LogP contribution in [-0.4, -0.2) is 39.4 Å². The predicted molar refractivity (Wildman–Crippen MR) is 134 cm³/mol. The molecule has 9 heteroatoms. The van der Waals surface area contributed by atoms with E-state index in [2.05, 4.69) is 27.8 Å². The van der Waals surface area contributed by atoms with E-state index in [0.717, 1.165) is 23.4 Å². The van der Waals surface area contributed by atoms with Crippen LogP contribution >= 0.6 is 11.8 Å². The van der Waals surface area contributed by atoms with E-state index >= 15 is 0 Å². The van der Waals surface area contributed by atoms with Gasteiger partial charge in [-0.2, -0.15) is 0 Å². The van der Waals surface area contributed by atoms with Crippen molar-refractivity contribution in [2.45, 2.75) is 51.4 Å². The summed E-state index contributed by atoms with van der Waals surface area (Å²) in [6.45, 7) is 6.58. The summed E-state index contributed by atoms with van der Waals surface area (Å²) in [6, 6.07) is 14.9. The van der Waals surface area contributed by atoms with Crippen molar-refractivity contribution in [1.29, 1.82) is 0 Å². The highest BCUT2D eigenvalue weighted by Crippen LogP contribution is 2.21. The third-order valence-electron chi connectivity index (χ3n) is 5.33. The van der Waals surface area contributed by atoms with E-state index in [1.165, 1.54) is 17.3 Å². The van der Waals surface area contributed by atoms with Crippen LogP contribution < -0.4 is 15.4 Å². The zero-order valence-electron chi connectivity index (χ0n) is 20.0. The first-order valence-corrected chi connectivity index (χ1v) is 12.3. The molecule has 0 bridgehead atoms. The second-order valence-electron chi connectivity index (χ2n) is 7.79. The molecule has 0 spiro atoms. The molecule has 2 aromatic carbocycles. The van der Waals surface area contributed by atoms with E-state index in [-0.39, 0.29) is 30.0 Å². The van der Waals surface area contributed by atoms with Gasteiger partial charge in [-0.05, 0) is 55.7 Å². The van der Waals surface area contributed by atoms with Crippen LogP contribution in [0.25, 0.3) is 0 Å². The summed E-state index contributed by atoms with van der Waals surface area (Å²) in [5.74, 6) is 1.41. The van der Waals surface area contributed by atoms with Crippen LogP contribution in [0.3, 0.4) is 0 Å². The first-order valence-electron chi connectivity index (χ1n) is 11.3. The maximum Gasteiger partial charge on any atom is 0.234 e. The van der Waals surface area contributed by atoms with Gasteiger partial charge in [0.2, 0.25) is 11.8 Å². The maximum atomic E-state index is 12.5. The zero-order valence-corrected chi connectivity index (χ0v) is 20.8. The van der Waals surface area contributed by atoms with Gasteiger partial charge >= 0.3 is 0 Å². The molecule has 0 fully saturated rings. The van der Waals surface area contributed by atoms with Gasteiger partial charge in [0.15, 0.2) is 11.0 Å². The van der Waals surface area contributed by atoms with E-state index in [9.17, 15) is 9.59 Å². The standard InChI is InChI=1S/C25H31N5O3S/c1-5-18-7-11-20(12-8-18)27-23(32)16-34-25-29-28-24(30(25)6-2)17(3)26-22(31)15-19-9-13-21(33-4)14-10-19/h7-14,17H,5-6,15-16H2,1-4H3,(H,26,31)(H,27,32)/t17-/m0/s1. The van der Waals surface area contributed by atoms with Crippen molar-refractivity contribution in [3.8, 4) is 5.75 Å². The maximum absolute atomic E-state index is 12.5. The molecule has 1 atom stereocenters. The number of rotatable bonds is 11. The summed E-state index contributed by atoms with van der Waals surface area (Å²) in [4.78, 5) is 24.9. The quantitative estimate of drug-likeness (QED) is 0.402. The van der Waals surface area contributed by atoms with Crippen molar-refractivity contribution < 1.29 is 14.3 Å². The number of methoxy groups -OCH3 is 1. The summed E-state index contributed by atoms with van der Waals surface area (Å²) in [5.41, 5.74) is 2.89. The fourth-order valence-electron chi connectivity index (χ4n) is 3.46. The third-order valence-corrected chi connectivity index (χ3v) is 6.30. The second kappa shape index (κ2) is 12.2. The summed E-state index contributed by atoms with van der Waals surface area (Å²) < 4.78 is 7.07. The van der Waals surface area contributed by atoms with Crippen molar-refractivity contribution in [2.24, 2.45) is 0 Å². The molecule has 180 valence electrons. The molecular formula is C25H31N5O3S. The molecule has 0 radical (unpaired) electrons. The third kappa shape index (κ3) is 6.84. The average molecular weight is 482 g/mol. The second-order valence-corrected chi connectivity index (χ2v) is 8.73. The largest absolute Gasteiger partial charge is 0.497 e. The number of nitrogens with zero attached hydrogens (tertiary/aromatic N) is 3. The molecule has 3 rings (SSSR count). The minimum absolute atomic E-state index is 0.106. The molecule has 2 amide bonds. The molecule has 0 aliphatic carbocycles. The Labute approximate surface area is 204 Å². The Bertz CT molecular complexity index is 1100. The zero-order chi connectivity index (χ0) is 24.5. The number of anilines is 1. The van der Waals surface area contributed by atoms with Crippen LogP contribution in [0.1, 0.15) is 43.8 Å². The molecule has 34 heavy (non-hydrogen) atoms. The van der Waals surface area contributed by atoms with Gasteiger partial charge in [-0.1, -0.05) is 43.0 Å². The SMILES string of the molecule is CCc1ccc(NC(=O)CSc2nnc([C@H](C)NC(=O)Cc3ccc(OC)cc3)n2CC)cc1. The van der Waals surface area contributed by atoms with Crippen molar-refractivity contribution in [3.05, 3.63) is 65.5 Å². The Morgan fingerprint density at radius 2 is 1.68 bits per heavy atom. The molecule has 8 nitrogen and oxygen atoms in total. The number of hydrogen-bond donors (Lipinski definition) is 2. The fourth-order valence-corrected chi connectivity index (χ4v) is 4.27. The predicted octanol–water partition coefficient (Wildman–Crippen LogP) is 4.02. The van der Waals surface area contributed by atoms with Gasteiger partial charge in [-0.25, -0.2) is 0 Å². The molecule has 0 aliphatic rings. The minimum Gasteiger partial charge on any atom is -0.497 e. The highest BCUT2D eigenvalue weighted by atomic mass is 32.2. The van der Waals surface area contributed by atoms with E-state index in [1.807, 2.05) is 66.9 Å². The highest BCUT2D eigenvalue weighted by molar-refractivity contribution is 7.99. The minimum atomic E-state index is -0.321. The van der Waals surface area contributed by atoms with Crippen LogP contribution in [-0.2, 0) is 29.0 Å². The van der Waals surface area contributed by atoms with Crippen molar-refractivity contribution in [1.82, 2.24) is 20.1 Å². The number of ether oxygens (including phenoxy) is 1.